The predicted molar refractivity (Wildman–Crippen MR) is 111 cm³/mol. The topological polar surface area (TPSA) is 95.7 Å². The van der Waals surface area contributed by atoms with Crippen molar-refractivity contribution in [3.05, 3.63) is 34.9 Å². The molecule has 3 fully saturated rings. The van der Waals surface area contributed by atoms with Crippen molar-refractivity contribution in [2.75, 3.05) is 6.54 Å². The summed E-state index contributed by atoms with van der Waals surface area (Å²) in [6.07, 6.45) is 3.01. The molecule has 0 spiro atoms. The second kappa shape index (κ2) is 6.89. The average molecular weight is 411 g/mol. The fraction of sp³-hybridized carbons (Fsp3) is 0.609. The van der Waals surface area contributed by atoms with Crippen molar-refractivity contribution in [2.24, 2.45) is 17.1 Å². The van der Waals surface area contributed by atoms with Gasteiger partial charge in [0.15, 0.2) is 0 Å². The third kappa shape index (κ3) is 2.82. The first-order valence-electron chi connectivity index (χ1n) is 11.0. The summed E-state index contributed by atoms with van der Waals surface area (Å²) in [5.41, 5.74) is 9.43. The van der Waals surface area contributed by atoms with Gasteiger partial charge in [-0.05, 0) is 54.3 Å². The molecule has 7 nitrogen and oxygen atoms in total. The van der Waals surface area contributed by atoms with Crippen molar-refractivity contribution in [2.45, 2.75) is 70.7 Å². The van der Waals surface area contributed by atoms with Gasteiger partial charge in [0.1, 0.15) is 6.04 Å². The maximum atomic E-state index is 13.1. The Balaban J connectivity index is 1.38. The maximum Gasteiger partial charge on any atom is 0.255 e. The Morgan fingerprint density at radius 3 is 2.77 bits per heavy atom. The van der Waals surface area contributed by atoms with Crippen molar-refractivity contribution in [3.8, 4) is 0 Å². The smallest absolute Gasteiger partial charge is 0.255 e. The number of fused-ring (bicyclic) bond motifs is 2. The Morgan fingerprint density at radius 2 is 2.00 bits per heavy atom. The van der Waals surface area contributed by atoms with Crippen LogP contribution in [0.1, 0.15) is 61.0 Å². The van der Waals surface area contributed by atoms with Crippen molar-refractivity contribution in [1.29, 1.82) is 0 Å². The summed E-state index contributed by atoms with van der Waals surface area (Å²) in [5, 5.41) is 2.37. The molecule has 1 aliphatic carbocycles. The number of nitrogens with one attached hydrogen (secondary N) is 1. The summed E-state index contributed by atoms with van der Waals surface area (Å²) in [6, 6.07) is 6.05. The van der Waals surface area contributed by atoms with Crippen molar-refractivity contribution >= 4 is 17.7 Å². The quantitative estimate of drug-likeness (QED) is 0.735. The molecule has 3 amide bonds. The van der Waals surface area contributed by atoms with Crippen LogP contribution in [0.2, 0.25) is 0 Å². The molecule has 4 unspecified atom stereocenters. The van der Waals surface area contributed by atoms with E-state index in [1.165, 1.54) is 6.42 Å². The molecule has 1 aromatic rings. The molecule has 2 saturated heterocycles. The number of rotatable bonds is 3. The molecule has 4 aliphatic rings. The third-order valence-electron chi connectivity index (χ3n) is 7.92. The van der Waals surface area contributed by atoms with Gasteiger partial charge in [0, 0.05) is 37.2 Å². The Hall–Kier alpha value is -2.25. The minimum Gasteiger partial charge on any atom is -0.327 e. The first-order chi connectivity index (χ1) is 14.3. The van der Waals surface area contributed by atoms with E-state index in [1.807, 2.05) is 12.1 Å². The van der Waals surface area contributed by atoms with Gasteiger partial charge in [-0.2, -0.15) is 0 Å². The van der Waals surface area contributed by atoms with Crippen LogP contribution in [0.3, 0.4) is 0 Å². The first-order valence-corrected chi connectivity index (χ1v) is 11.0. The number of imide groups is 1. The molecule has 0 bridgehead atoms. The van der Waals surface area contributed by atoms with Gasteiger partial charge in [-0.3, -0.25) is 24.6 Å². The molecule has 3 N–H and O–H groups in total. The van der Waals surface area contributed by atoms with E-state index >= 15 is 0 Å². The van der Waals surface area contributed by atoms with Crippen LogP contribution in [0.4, 0.5) is 0 Å². The van der Waals surface area contributed by atoms with Crippen LogP contribution >= 0.6 is 0 Å². The molecular weight excluding hydrogens is 380 g/mol. The zero-order valence-electron chi connectivity index (χ0n) is 17.7. The fourth-order valence-electron chi connectivity index (χ4n) is 6.32. The van der Waals surface area contributed by atoms with E-state index in [9.17, 15) is 14.4 Å². The van der Waals surface area contributed by atoms with Gasteiger partial charge in [-0.25, -0.2) is 0 Å². The van der Waals surface area contributed by atoms with E-state index in [2.05, 4.69) is 30.1 Å². The van der Waals surface area contributed by atoms with Gasteiger partial charge in [-0.1, -0.05) is 26.0 Å². The highest BCUT2D eigenvalue weighted by Gasteiger charge is 2.57. The number of nitrogens with zero attached hydrogens (tertiary/aromatic N) is 2. The normalized spacial score (nSPS) is 33.0. The lowest BCUT2D eigenvalue weighted by Gasteiger charge is -2.63. The maximum absolute atomic E-state index is 13.1. The molecule has 0 aromatic heterocycles. The highest BCUT2D eigenvalue weighted by molar-refractivity contribution is 6.05. The zero-order chi connectivity index (χ0) is 21.2. The number of carbonyl (C=O) groups is 3. The average Bonchev–Trinajstić information content (AvgIpc) is 3.05. The van der Waals surface area contributed by atoms with Crippen LogP contribution in [-0.2, 0) is 22.7 Å². The SMILES string of the molecule is CC1(C)C(N)C2CCCN(Cc3cccc4c3CN(C3CCC(=O)NC3=O)C4=O)C21. The first kappa shape index (κ1) is 19.7. The van der Waals surface area contributed by atoms with E-state index in [0.717, 1.165) is 30.6 Å². The molecule has 4 atom stereocenters. The van der Waals surface area contributed by atoms with Gasteiger partial charge in [0.2, 0.25) is 11.8 Å². The van der Waals surface area contributed by atoms with E-state index < -0.39 is 6.04 Å². The van der Waals surface area contributed by atoms with E-state index in [1.54, 1.807) is 4.90 Å². The minimum atomic E-state index is -0.571. The molecule has 1 saturated carbocycles. The molecule has 3 aliphatic heterocycles. The highest BCUT2D eigenvalue weighted by atomic mass is 16.2. The predicted octanol–water partition coefficient (Wildman–Crippen LogP) is 1.40. The van der Waals surface area contributed by atoms with Gasteiger partial charge in [0.25, 0.3) is 5.91 Å². The highest BCUT2D eigenvalue weighted by Crippen LogP contribution is 2.51. The van der Waals surface area contributed by atoms with E-state index in [0.29, 0.717) is 30.5 Å². The molecule has 7 heteroatoms. The lowest BCUT2D eigenvalue weighted by molar-refractivity contribution is -0.136. The van der Waals surface area contributed by atoms with Crippen molar-refractivity contribution in [1.82, 2.24) is 15.1 Å². The number of hydrogen-bond acceptors (Lipinski definition) is 5. The molecule has 0 radical (unpaired) electrons. The van der Waals surface area contributed by atoms with Crippen LogP contribution in [0.25, 0.3) is 0 Å². The fourth-order valence-corrected chi connectivity index (χ4v) is 6.32. The minimum absolute atomic E-state index is 0.0949. The number of likely N-dealkylation sites (tertiary alicyclic amines) is 1. The van der Waals surface area contributed by atoms with Crippen molar-refractivity contribution < 1.29 is 14.4 Å². The molecule has 3 heterocycles. The Bertz CT molecular complexity index is 927. The summed E-state index contributed by atoms with van der Waals surface area (Å²) in [6.45, 7) is 6.81. The van der Waals surface area contributed by atoms with Crippen LogP contribution < -0.4 is 11.1 Å². The second-order valence-electron chi connectivity index (χ2n) is 9.91. The van der Waals surface area contributed by atoms with Gasteiger partial charge in [0.05, 0.1) is 0 Å². The van der Waals surface area contributed by atoms with Crippen LogP contribution in [-0.4, -0.2) is 52.2 Å². The number of nitrogens with two attached hydrogens (primary N) is 1. The summed E-state index contributed by atoms with van der Waals surface area (Å²) in [7, 11) is 0. The van der Waals surface area contributed by atoms with Crippen LogP contribution in [0.15, 0.2) is 18.2 Å². The monoisotopic (exact) mass is 410 g/mol. The second-order valence-corrected chi connectivity index (χ2v) is 9.91. The van der Waals surface area contributed by atoms with Gasteiger partial charge >= 0.3 is 0 Å². The van der Waals surface area contributed by atoms with Gasteiger partial charge in [-0.15, -0.1) is 0 Å². The standard InChI is InChI=1S/C23H30N4O3/c1-23(2)19(24)15-7-4-10-26(20(15)23)11-13-5-3-6-14-16(13)12-27(22(14)30)17-8-9-18(28)25-21(17)29/h3,5-6,15,17,19-20H,4,7-12,24H2,1-2H3,(H,25,28,29). The molecule has 1 aromatic carbocycles. The van der Waals surface area contributed by atoms with Crippen molar-refractivity contribution in [3.63, 3.8) is 0 Å². The molecular formula is C23H30N4O3. The molecule has 30 heavy (non-hydrogen) atoms. The lowest BCUT2D eigenvalue weighted by Crippen LogP contribution is -2.72. The number of benzene rings is 1. The molecule has 160 valence electrons. The number of amides is 3. The number of piperidine rings is 2. The summed E-state index contributed by atoms with van der Waals surface area (Å²) in [5.74, 6) is -0.184. The molecule has 5 rings (SSSR count). The zero-order valence-corrected chi connectivity index (χ0v) is 17.7. The van der Waals surface area contributed by atoms with E-state index in [-0.39, 0.29) is 35.6 Å². The largest absolute Gasteiger partial charge is 0.327 e. The summed E-state index contributed by atoms with van der Waals surface area (Å²) in [4.78, 5) is 41.1. The number of carbonyl (C=O) groups excluding carboxylic acids is 3. The van der Waals surface area contributed by atoms with E-state index in [4.69, 9.17) is 5.73 Å². The van der Waals surface area contributed by atoms with Crippen LogP contribution in [0.5, 0.6) is 0 Å². The summed E-state index contributed by atoms with van der Waals surface area (Å²) < 4.78 is 0. The van der Waals surface area contributed by atoms with Crippen LogP contribution in [0, 0.1) is 11.3 Å². The third-order valence-corrected chi connectivity index (χ3v) is 7.92. The lowest BCUT2D eigenvalue weighted by atomic mass is 9.53. The number of hydrogen-bond donors (Lipinski definition) is 2. The Labute approximate surface area is 177 Å². The Kier molecular flexibility index (Phi) is 4.52. The van der Waals surface area contributed by atoms with Gasteiger partial charge < -0.3 is 10.6 Å². The summed E-state index contributed by atoms with van der Waals surface area (Å²) >= 11 is 0. The Morgan fingerprint density at radius 1 is 1.20 bits per heavy atom.